The van der Waals surface area contributed by atoms with Crippen LogP contribution >= 0.6 is 23.2 Å². The first-order valence-electron chi connectivity index (χ1n) is 11.7. The molecular weight excluding hydrogens is 545 g/mol. The van der Waals surface area contributed by atoms with Crippen LogP contribution in [0.3, 0.4) is 0 Å². The summed E-state index contributed by atoms with van der Waals surface area (Å²) in [5.41, 5.74) is 2.71. The number of hydrogen-bond donors (Lipinski definition) is 2. The first-order chi connectivity index (χ1) is 18.7. The number of nitrogens with one attached hydrogen (secondary N) is 1. The maximum absolute atomic E-state index is 13.5. The van der Waals surface area contributed by atoms with Crippen LogP contribution in [-0.4, -0.2) is 48.1 Å². The van der Waals surface area contributed by atoms with Gasteiger partial charge < -0.3 is 24.3 Å². The number of fused-ring (bicyclic) bond motifs is 1. The fourth-order valence-electron chi connectivity index (χ4n) is 4.66. The van der Waals surface area contributed by atoms with Crippen LogP contribution in [-0.2, 0) is 9.59 Å². The Labute approximate surface area is 233 Å². The molecule has 9 nitrogen and oxygen atoms in total. The topological polar surface area (TPSA) is 114 Å². The van der Waals surface area contributed by atoms with Crippen molar-refractivity contribution >= 4 is 57.6 Å². The average Bonchev–Trinajstić information content (AvgIpc) is 3.45. The minimum absolute atomic E-state index is 0.121. The molecule has 5 rings (SSSR count). The van der Waals surface area contributed by atoms with Crippen LogP contribution in [0.1, 0.15) is 22.7 Å². The Bertz CT molecular complexity index is 1660. The average molecular weight is 568 g/mol. The molecule has 39 heavy (non-hydrogen) atoms. The van der Waals surface area contributed by atoms with Gasteiger partial charge in [-0.15, -0.1) is 0 Å². The Morgan fingerprint density at radius 1 is 0.949 bits per heavy atom. The molecule has 11 heteroatoms. The van der Waals surface area contributed by atoms with E-state index in [9.17, 15) is 14.7 Å². The zero-order valence-corrected chi connectivity index (χ0v) is 22.8. The van der Waals surface area contributed by atoms with Gasteiger partial charge in [0.15, 0.2) is 17.2 Å². The number of Topliss-reactive ketones (excluding diaryl/α,β-unsaturated/α-hetero) is 1. The highest BCUT2D eigenvalue weighted by molar-refractivity contribution is 6.51. The van der Waals surface area contributed by atoms with E-state index in [0.29, 0.717) is 28.1 Å². The molecule has 1 aliphatic heterocycles. The third kappa shape index (κ3) is 4.43. The van der Waals surface area contributed by atoms with E-state index < -0.39 is 23.5 Å². The number of aliphatic hydroxyl groups is 1. The third-order valence-electron chi connectivity index (χ3n) is 6.50. The number of rotatable bonds is 6. The van der Waals surface area contributed by atoms with Crippen molar-refractivity contribution in [1.29, 1.82) is 0 Å². The zero-order chi connectivity index (χ0) is 28.0. The Morgan fingerprint density at radius 2 is 1.64 bits per heavy atom. The predicted octanol–water partition coefficient (Wildman–Crippen LogP) is 5.83. The number of halogens is 2. The number of benzene rings is 3. The lowest BCUT2D eigenvalue weighted by Crippen LogP contribution is -2.30. The van der Waals surface area contributed by atoms with Crippen LogP contribution in [0.15, 0.2) is 54.1 Å². The van der Waals surface area contributed by atoms with Crippen molar-refractivity contribution in [3.8, 4) is 17.2 Å². The fourth-order valence-corrected chi connectivity index (χ4v) is 5.30. The Hall–Kier alpha value is -4.21. The third-order valence-corrected chi connectivity index (χ3v) is 7.06. The van der Waals surface area contributed by atoms with Crippen molar-refractivity contribution in [1.82, 2.24) is 9.97 Å². The van der Waals surface area contributed by atoms with Crippen molar-refractivity contribution in [2.24, 2.45) is 0 Å². The van der Waals surface area contributed by atoms with E-state index in [1.165, 1.54) is 38.4 Å². The van der Waals surface area contributed by atoms with Gasteiger partial charge in [-0.05, 0) is 54.4 Å². The normalized spacial score (nSPS) is 16.7. The van der Waals surface area contributed by atoms with Crippen molar-refractivity contribution < 1.29 is 28.9 Å². The standard InChI is InChI=1S/C28H23Cl2N3O6/c1-13-5-7-18-19(9-13)32-28(31-18)33-23(14-6-8-20(37-2)21(12-14)38-3)22(25(35)27(33)36)24(34)15-10-16(29)26(39-4)17(30)11-15/h5-12,23,34H,1-4H3,(H,31,32)/b24-22+. The molecule has 1 atom stereocenters. The van der Waals surface area contributed by atoms with E-state index in [0.717, 1.165) is 5.56 Å². The van der Waals surface area contributed by atoms with E-state index >= 15 is 0 Å². The number of carbonyl (C=O) groups is 2. The number of hydrogen-bond acceptors (Lipinski definition) is 7. The molecule has 200 valence electrons. The monoisotopic (exact) mass is 567 g/mol. The highest BCUT2D eigenvalue weighted by Crippen LogP contribution is 2.45. The number of H-pyrrole nitrogens is 1. The van der Waals surface area contributed by atoms with Crippen LogP contribution < -0.4 is 19.1 Å². The second kappa shape index (κ2) is 10.2. The highest BCUT2D eigenvalue weighted by Gasteiger charge is 2.48. The lowest BCUT2D eigenvalue weighted by atomic mass is 9.95. The van der Waals surface area contributed by atoms with Crippen molar-refractivity contribution in [2.75, 3.05) is 26.2 Å². The summed E-state index contributed by atoms with van der Waals surface area (Å²) in [6.07, 6.45) is 0. The summed E-state index contributed by atoms with van der Waals surface area (Å²) >= 11 is 12.6. The number of ketones is 1. The van der Waals surface area contributed by atoms with E-state index in [4.69, 9.17) is 37.4 Å². The lowest BCUT2D eigenvalue weighted by Gasteiger charge is -2.24. The van der Waals surface area contributed by atoms with Gasteiger partial charge >= 0.3 is 5.91 Å². The van der Waals surface area contributed by atoms with Gasteiger partial charge in [0.25, 0.3) is 5.78 Å². The number of nitrogens with zero attached hydrogens (tertiary/aromatic N) is 2. The molecule has 2 heterocycles. The van der Waals surface area contributed by atoms with E-state index in [2.05, 4.69) is 9.97 Å². The van der Waals surface area contributed by atoms with Crippen molar-refractivity contribution in [2.45, 2.75) is 13.0 Å². The Balaban J connectivity index is 1.76. The van der Waals surface area contributed by atoms with Crippen LogP contribution in [0, 0.1) is 6.92 Å². The van der Waals surface area contributed by atoms with Gasteiger partial charge in [0.2, 0.25) is 5.95 Å². The molecule has 1 saturated heterocycles. The molecule has 0 aliphatic carbocycles. The van der Waals surface area contributed by atoms with Crippen LogP contribution in [0.25, 0.3) is 16.8 Å². The van der Waals surface area contributed by atoms with Gasteiger partial charge in [-0.25, -0.2) is 4.98 Å². The summed E-state index contributed by atoms with van der Waals surface area (Å²) in [5.74, 6) is -1.08. The summed E-state index contributed by atoms with van der Waals surface area (Å²) in [4.78, 5) is 36.0. The van der Waals surface area contributed by atoms with Crippen molar-refractivity contribution in [3.63, 3.8) is 0 Å². The molecule has 2 N–H and O–H groups in total. The Kier molecular flexibility index (Phi) is 6.88. The molecular formula is C28H23Cl2N3O6. The molecule has 0 radical (unpaired) electrons. The number of methoxy groups -OCH3 is 3. The quantitative estimate of drug-likeness (QED) is 0.171. The molecule has 1 aromatic heterocycles. The molecule has 4 aromatic rings. The largest absolute Gasteiger partial charge is 0.507 e. The van der Waals surface area contributed by atoms with Gasteiger partial charge in [-0.3, -0.25) is 14.5 Å². The number of aliphatic hydroxyl groups excluding tert-OH is 1. The van der Waals surface area contributed by atoms with Gasteiger partial charge in [0.05, 0.1) is 54.0 Å². The molecule has 1 fully saturated rings. The van der Waals surface area contributed by atoms with E-state index in [1.807, 2.05) is 25.1 Å². The number of carbonyl (C=O) groups excluding carboxylic acids is 2. The summed E-state index contributed by atoms with van der Waals surface area (Å²) in [6.45, 7) is 1.93. The lowest BCUT2D eigenvalue weighted by molar-refractivity contribution is -0.132. The van der Waals surface area contributed by atoms with E-state index in [-0.39, 0.29) is 32.9 Å². The fraction of sp³-hybridized carbons (Fsp3) is 0.179. The SMILES string of the molecule is COc1ccc(C2/C(=C(\O)c3cc(Cl)c(OC)c(Cl)c3)C(=O)C(=O)N2c2nc3ccc(C)cc3[nH]2)cc1OC. The second-order valence-corrected chi connectivity index (χ2v) is 9.65. The zero-order valence-electron chi connectivity index (χ0n) is 21.3. The minimum Gasteiger partial charge on any atom is -0.507 e. The number of aromatic amines is 1. The highest BCUT2D eigenvalue weighted by atomic mass is 35.5. The van der Waals surface area contributed by atoms with Gasteiger partial charge in [-0.1, -0.05) is 35.3 Å². The van der Waals surface area contributed by atoms with Crippen molar-refractivity contribution in [3.05, 3.63) is 80.8 Å². The molecule has 3 aromatic carbocycles. The number of aryl methyl sites for hydroxylation is 1. The van der Waals surface area contributed by atoms with Crippen LogP contribution in [0.5, 0.6) is 17.2 Å². The number of imidazole rings is 1. The first-order valence-corrected chi connectivity index (χ1v) is 12.5. The molecule has 0 saturated carbocycles. The summed E-state index contributed by atoms with van der Waals surface area (Å²) < 4.78 is 16.0. The smallest absolute Gasteiger partial charge is 0.302 e. The van der Waals surface area contributed by atoms with Gasteiger partial charge in [-0.2, -0.15) is 0 Å². The minimum atomic E-state index is -1.08. The number of anilines is 1. The predicted molar refractivity (Wildman–Crippen MR) is 148 cm³/mol. The summed E-state index contributed by atoms with van der Waals surface area (Å²) in [5, 5.41) is 11.7. The Morgan fingerprint density at radius 3 is 2.28 bits per heavy atom. The number of amides is 1. The van der Waals surface area contributed by atoms with E-state index in [1.54, 1.807) is 18.2 Å². The van der Waals surface area contributed by atoms with Gasteiger partial charge in [0, 0.05) is 5.56 Å². The molecule has 1 amide bonds. The maximum atomic E-state index is 13.5. The summed E-state index contributed by atoms with van der Waals surface area (Å²) in [6, 6.07) is 12.3. The maximum Gasteiger partial charge on any atom is 0.302 e. The molecule has 1 unspecified atom stereocenters. The van der Waals surface area contributed by atoms with Crippen LogP contribution in [0.2, 0.25) is 10.0 Å². The molecule has 1 aliphatic rings. The molecule has 0 bridgehead atoms. The van der Waals surface area contributed by atoms with Gasteiger partial charge in [0.1, 0.15) is 5.76 Å². The first kappa shape index (κ1) is 26.4. The number of ether oxygens (including phenoxy) is 3. The second-order valence-electron chi connectivity index (χ2n) is 8.84. The summed E-state index contributed by atoms with van der Waals surface area (Å²) in [7, 11) is 4.38. The molecule has 0 spiro atoms. The van der Waals surface area contributed by atoms with Crippen LogP contribution in [0.4, 0.5) is 5.95 Å². The number of aromatic nitrogens is 2.